The number of ether oxygens (including phenoxy) is 2. The molecule has 2 heterocycles. The first-order chi connectivity index (χ1) is 31.8. The molecule has 1 N–H and O–H groups in total. The molecule has 10 nitrogen and oxygen atoms in total. The number of alkyl halides is 6. The Bertz CT molecular complexity index is 2340. The van der Waals surface area contributed by atoms with Crippen molar-refractivity contribution in [1.29, 1.82) is 0 Å². The predicted molar refractivity (Wildman–Crippen MR) is 237 cm³/mol. The van der Waals surface area contributed by atoms with Crippen LogP contribution >= 0.6 is 0 Å². The number of likely N-dealkylation sites (tertiary alicyclic amines) is 1. The summed E-state index contributed by atoms with van der Waals surface area (Å²) in [6, 6.07) is 22.0. The molecule has 1 aliphatic carbocycles. The number of nitrogens with one attached hydrogen (secondary N) is 1. The number of hydrogen-bond acceptors (Lipinski definition) is 7. The molecule has 4 aromatic rings. The second-order valence-corrected chi connectivity index (χ2v) is 17.9. The minimum Gasteiger partial charge on any atom is -0.367 e. The van der Waals surface area contributed by atoms with Crippen molar-refractivity contribution < 1.29 is 54.6 Å². The van der Waals surface area contributed by atoms with Crippen LogP contribution in [0.3, 0.4) is 0 Å². The van der Waals surface area contributed by atoms with Crippen molar-refractivity contribution in [2.24, 2.45) is 0 Å². The Morgan fingerprint density at radius 3 is 2.12 bits per heavy atom. The summed E-state index contributed by atoms with van der Waals surface area (Å²) >= 11 is 0. The summed E-state index contributed by atoms with van der Waals surface area (Å²) in [7, 11) is 5.38. The molecule has 0 bridgehead atoms. The van der Waals surface area contributed by atoms with E-state index in [9.17, 15) is 45.1 Å². The van der Waals surface area contributed by atoms with Crippen molar-refractivity contribution >= 4 is 17.7 Å². The van der Waals surface area contributed by atoms with E-state index in [1.807, 2.05) is 43.4 Å². The average molecular weight is 940 g/mol. The summed E-state index contributed by atoms with van der Waals surface area (Å²) in [5, 5.41) is 3.12. The SMILES string of the molecule is CNCCc1ccc(C(=O)N(C)CCCN(C)C(=O)CO[C@H]2Cc3ccccc3C23CCN(CC[C@@]2(c4ccc(F)cc4)CN(C(=O)c4cc(C(F)(F)F)cc(C(F)(F)F)c4)CO2)CC3)cc1. The van der Waals surface area contributed by atoms with E-state index in [2.05, 4.69) is 22.3 Å². The van der Waals surface area contributed by atoms with Crippen molar-refractivity contribution in [2.75, 3.05) is 80.3 Å². The monoisotopic (exact) mass is 939 g/mol. The maximum atomic E-state index is 14.1. The topological polar surface area (TPSA) is 94.7 Å². The number of likely N-dealkylation sites (N-methyl/N-ethyl adjacent to an activating group) is 2. The quantitative estimate of drug-likeness (QED) is 0.114. The fourth-order valence-corrected chi connectivity index (χ4v) is 9.65. The van der Waals surface area contributed by atoms with E-state index in [-0.39, 0.29) is 49.0 Å². The fourth-order valence-electron chi connectivity index (χ4n) is 9.65. The van der Waals surface area contributed by atoms with Crippen molar-refractivity contribution in [2.45, 2.75) is 68.0 Å². The molecule has 17 heteroatoms. The van der Waals surface area contributed by atoms with Crippen LogP contribution in [0.15, 0.2) is 91.0 Å². The molecule has 3 aliphatic rings. The van der Waals surface area contributed by atoms with Crippen LogP contribution < -0.4 is 5.32 Å². The first-order valence-electron chi connectivity index (χ1n) is 22.5. The van der Waals surface area contributed by atoms with E-state index >= 15 is 0 Å². The minimum absolute atomic E-state index is 0.0256. The minimum atomic E-state index is -5.13. The zero-order valence-corrected chi connectivity index (χ0v) is 37.8. The van der Waals surface area contributed by atoms with E-state index in [0.29, 0.717) is 81.7 Å². The standard InChI is InChI=1S/C50H56F7N5O5/c1-58-21-17-34-9-11-35(12-10-34)45(64)60(3)23-6-22-59(2)44(63)31-66-43-29-36-7-4-5-8-42(36)47(43)18-24-61(25-19-47)26-20-48(38-13-15-41(51)16-14-38)32-62(33-67-48)46(65)37-27-39(49(52,53)54)30-40(28-37)50(55,56)57/h4-5,7-16,27-28,30,43,58H,6,17-26,29,31-33H2,1-3H3/t43-,48-/m0/s1. The molecule has 0 radical (unpaired) electrons. The number of amides is 3. The van der Waals surface area contributed by atoms with Crippen LogP contribution in [0.1, 0.15) is 79.8 Å². The van der Waals surface area contributed by atoms with Gasteiger partial charge < -0.3 is 34.4 Å². The summed E-state index contributed by atoms with van der Waals surface area (Å²) < 4.78 is 109. The van der Waals surface area contributed by atoms with Crippen molar-refractivity contribution in [3.63, 3.8) is 0 Å². The smallest absolute Gasteiger partial charge is 0.367 e. The molecule has 2 fully saturated rings. The van der Waals surface area contributed by atoms with Gasteiger partial charge in [-0.3, -0.25) is 14.4 Å². The fraction of sp³-hybridized carbons (Fsp3) is 0.460. The van der Waals surface area contributed by atoms with Crippen molar-refractivity contribution in [1.82, 2.24) is 24.9 Å². The van der Waals surface area contributed by atoms with Gasteiger partial charge in [-0.25, -0.2) is 4.39 Å². The van der Waals surface area contributed by atoms with Crippen LogP contribution in [0, 0.1) is 5.82 Å². The molecule has 360 valence electrons. The van der Waals surface area contributed by atoms with Gasteiger partial charge in [0.2, 0.25) is 5.91 Å². The highest BCUT2D eigenvalue weighted by Crippen LogP contribution is 2.48. The van der Waals surface area contributed by atoms with Gasteiger partial charge in [0.25, 0.3) is 11.8 Å². The summed E-state index contributed by atoms with van der Waals surface area (Å²) in [5.74, 6) is -1.84. The lowest BCUT2D eigenvalue weighted by Gasteiger charge is -2.44. The predicted octanol–water partition coefficient (Wildman–Crippen LogP) is 7.94. The summed E-state index contributed by atoms with van der Waals surface area (Å²) in [6.07, 6.45) is -6.77. The van der Waals surface area contributed by atoms with Crippen molar-refractivity contribution in [3.05, 3.63) is 141 Å². The first kappa shape index (κ1) is 49.5. The van der Waals surface area contributed by atoms with Gasteiger partial charge in [-0.05, 0) is 130 Å². The molecule has 4 aromatic carbocycles. The number of nitrogens with zero attached hydrogens (tertiary/aromatic N) is 4. The van der Waals surface area contributed by atoms with Crippen LogP contribution in [0.4, 0.5) is 30.7 Å². The third-order valence-electron chi connectivity index (χ3n) is 13.6. The number of rotatable bonds is 16. The van der Waals surface area contributed by atoms with Gasteiger partial charge in [0.15, 0.2) is 0 Å². The molecule has 2 saturated heterocycles. The zero-order chi connectivity index (χ0) is 48.1. The lowest BCUT2D eigenvalue weighted by Crippen LogP contribution is -2.50. The van der Waals surface area contributed by atoms with E-state index in [1.165, 1.54) is 29.8 Å². The molecular formula is C50H56F7N5O5. The maximum absolute atomic E-state index is 14.1. The molecule has 0 aromatic heterocycles. The number of fused-ring (bicyclic) bond motifs is 2. The average Bonchev–Trinajstić information content (AvgIpc) is 3.88. The van der Waals surface area contributed by atoms with E-state index < -0.39 is 53.1 Å². The number of halogens is 7. The molecule has 3 amide bonds. The third-order valence-corrected chi connectivity index (χ3v) is 13.6. The molecule has 7 rings (SSSR count). The normalized spacial score (nSPS) is 19.4. The Hall–Kier alpha value is -5.36. The largest absolute Gasteiger partial charge is 0.416 e. The number of hydrogen-bond donors (Lipinski definition) is 1. The van der Waals surface area contributed by atoms with Gasteiger partial charge in [-0.15, -0.1) is 0 Å². The van der Waals surface area contributed by atoms with Gasteiger partial charge in [0.1, 0.15) is 24.8 Å². The van der Waals surface area contributed by atoms with Crippen LogP contribution in [-0.2, 0) is 50.5 Å². The number of piperidine rings is 1. The second kappa shape index (κ2) is 20.5. The Kier molecular flexibility index (Phi) is 15.1. The second-order valence-electron chi connectivity index (χ2n) is 17.9. The zero-order valence-electron chi connectivity index (χ0n) is 37.8. The lowest BCUT2D eigenvalue weighted by molar-refractivity contribution is -0.143. The molecule has 2 atom stereocenters. The Balaban J connectivity index is 0.962. The Morgan fingerprint density at radius 1 is 0.836 bits per heavy atom. The van der Waals surface area contributed by atoms with Crippen LogP contribution in [0.2, 0.25) is 0 Å². The van der Waals surface area contributed by atoms with E-state index in [4.69, 9.17) is 9.47 Å². The van der Waals surface area contributed by atoms with Crippen LogP contribution in [-0.4, -0.2) is 124 Å². The molecule has 1 spiro atoms. The lowest BCUT2D eigenvalue weighted by atomic mass is 9.72. The summed E-state index contributed by atoms with van der Waals surface area (Å²) in [6.45, 7) is 2.73. The van der Waals surface area contributed by atoms with Crippen LogP contribution in [0.5, 0.6) is 0 Å². The van der Waals surface area contributed by atoms with E-state index in [0.717, 1.165) is 29.0 Å². The first-order valence-corrected chi connectivity index (χ1v) is 22.5. The van der Waals surface area contributed by atoms with Crippen molar-refractivity contribution in [3.8, 4) is 0 Å². The maximum Gasteiger partial charge on any atom is 0.416 e. The van der Waals surface area contributed by atoms with Crippen LogP contribution in [0.25, 0.3) is 0 Å². The molecule has 2 aliphatic heterocycles. The van der Waals surface area contributed by atoms with E-state index in [1.54, 1.807) is 23.9 Å². The number of carbonyl (C=O) groups excluding carboxylic acids is 3. The van der Waals surface area contributed by atoms with Gasteiger partial charge in [0.05, 0.1) is 23.8 Å². The molecule has 0 unspecified atom stereocenters. The molecule has 0 saturated carbocycles. The van der Waals surface area contributed by atoms with Gasteiger partial charge in [-0.2, -0.15) is 26.3 Å². The summed E-state index contributed by atoms with van der Waals surface area (Å²) in [4.78, 5) is 46.7. The third kappa shape index (κ3) is 11.3. The Morgan fingerprint density at radius 2 is 1.48 bits per heavy atom. The molecular weight excluding hydrogens is 884 g/mol. The highest BCUT2D eigenvalue weighted by Gasteiger charge is 2.50. The van der Waals surface area contributed by atoms with Gasteiger partial charge in [-0.1, -0.05) is 48.5 Å². The van der Waals surface area contributed by atoms with Gasteiger partial charge >= 0.3 is 12.4 Å². The van der Waals surface area contributed by atoms with Gasteiger partial charge in [0, 0.05) is 50.3 Å². The Labute approximate surface area is 386 Å². The number of benzene rings is 4. The highest BCUT2D eigenvalue weighted by molar-refractivity contribution is 5.95. The highest BCUT2D eigenvalue weighted by atomic mass is 19.4. The summed E-state index contributed by atoms with van der Waals surface area (Å²) in [5.41, 5.74) is -0.993. The number of carbonyl (C=O) groups is 3. The molecule has 67 heavy (non-hydrogen) atoms.